The Balaban J connectivity index is 1.84. The van der Waals surface area contributed by atoms with Crippen LogP contribution in [0.3, 0.4) is 0 Å². The molecule has 3 aliphatic heterocycles. The maximum absolute atomic E-state index is 12.2. The van der Waals surface area contributed by atoms with Crippen LogP contribution in [0.4, 0.5) is 0 Å². The van der Waals surface area contributed by atoms with E-state index in [9.17, 15) is 45.6 Å². The van der Waals surface area contributed by atoms with Gasteiger partial charge in [0.05, 0.1) is 19.3 Å². The third-order valence-corrected chi connectivity index (χ3v) is 8.02. The first-order valence-electron chi connectivity index (χ1n) is 15.0. The summed E-state index contributed by atoms with van der Waals surface area (Å²) in [4.78, 5) is 12.2. The lowest BCUT2D eigenvalue weighted by Crippen LogP contribution is -2.69. The highest BCUT2D eigenvalue weighted by Crippen LogP contribution is 2.33. The average Bonchev–Trinajstić information content (AvgIpc) is 2.99. The number of aliphatic hydroxyl groups excluding tert-OH is 8. The van der Waals surface area contributed by atoms with Gasteiger partial charge in [-0.15, -0.1) is 6.58 Å². The van der Waals surface area contributed by atoms with Crippen LogP contribution in [0.15, 0.2) is 12.7 Å². The first kappa shape index (κ1) is 37.1. The number of carbonyl (C=O) groups excluding carboxylic acids is 1. The minimum absolute atomic E-state index is 0.224. The molecule has 15 atom stereocenters. The highest BCUT2D eigenvalue weighted by molar-refractivity contribution is 5.73. The van der Waals surface area contributed by atoms with Crippen molar-refractivity contribution >= 4 is 5.91 Å². The molecule has 3 fully saturated rings. The van der Waals surface area contributed by atoms with Crippen molar-refractivity contribution in [2.75, 3.05) is 19.8 Å². The molecular weight excluding hydrogens is 590 g/mol. The number of aliphatic hydroxyl groups is 8. The number of nitrogens with one attached hydrogen (secondary N) is 1. The number of amides is 1. The Morgan fingerprint density at radius 1 is 0.750 bits per heavy atom. The predicted molar refractivity (Wildman–Crippen MR) is 148 cm³/mol. The lowest BCUT2D eigenvalue weighted by Gasteiger charge is -2.49. The average molecular weight is 640 g/mol. The third-order valence-electron chi connectivity index (χ3n) is 8.02. The maximum Gasteiger partial charge on any atom is 0.217 e. The smallest absolute Gasteiger partial charge is 0.217 e. The second-order valence-electron chi connectivity index (χ2n) is 11.4. The Morgan fingerprint density at radius 3 is 2.00 bits per heavy atom. The van der Waals surface area contributed by atoms with Gasteiger partial charge in [-0.2, -0.15) is 0 Å². The van der Waals surface area contributed by atoms with Gasteiger partial charge in [0.25, 0.3) is 0 Å². The largest absolute Gasteiger partial charge is 0.394 e. The molecule has 3 rings (SSSR count). The lowest BCUT2D eigenvalue weighted by atomic mass is 9.95. The molecule has 44 heavy (non-hydrogen) atoms. The molecule has 0 aliphatic carbocycles. The van der Waals surface area contributed by atoms with Crippen molar-refractivity contribution in [1.82, 2.24) is 5.32 Å². The third kappa shape index (κ3) is 9.13. The van der Waals surface area contributed by atoms with E-state index < -0.39 is 111 Å². The quantitative estimate of drug-likeness (QED) is 0.0631. The summed E-state index contributed by atoms with van der Waals surface area (Å²) in [6, 6.07) is -1.17. The van der Waals surface area contributed by atoms with Crippen molar-refractivity contribution in [3.63, 3.8) is 0 Å². The summed E-state index contributed by atoms with van der Waals surface area (Å²) in [5.41, 5.74) is 0. The first-order valence-corrected chi connectivity index (χ1v) is 15.0. The van der Waals surface area contributed by atoms with E-state index in [1.165, 1.54) is 13.8 Å². The Bertz CT molecular complexity index is 884. The van der Waals surface area contributed by atoms with E-state index in [1.807, 2.05) is 6.08 Å². The molecule has 1 amide bonds. The van der Waals surface area contributed by atoms with Gasteiger partial charge in [-0.05, 0) is 26.2 Å². The molecule has 0 bridgehead atoms. The van der Waals surface area contributed by atoms with E-state index in [0.717, 1.165) is 25.7 Å². The van der Waals surface area contributed by atoms with Crippen molar-refractivity contribution in [3.05, 3.63) is 12.7 Å². The summed E-state index contributed by atoms with van der Waals surface area (Å²) >= 11 is 0. The Labute approximate surface area is 256 Å². The molecule has 0 unspecified atom stereocenters. The van der Waals surface area contributed by atoms with Crippen LogP contribution in [0.25, 0.3) is 0 Å². The zero-order chi connectivity index (χ0) is 32.6. The number of allylic oxidation sites excluding steroid dienone is 1. The molecule has 3 aliphatic rings. The van der Waals surface area contributed by atoms with E-state index in [1.54, 1.807) is 0 Å². The zero-order valence-corrected chi connectivity index (χ0v) is 25.0. The van der Waals surface area contributed by atoms with Crippen molar-refractivity contribution in [2.45, 2.75) is 138 Å². The van der Waals surface area contributed by atoms with Gasteiger partial charge in [0.1, 0.15) is 67.1 Å². The van der Waals surface area contributed by atoms with E-state index in [4.69, 9.17) is 28.4 Å². The Kier molecular flexibility index (Phi) is 14.8. The fraction of sp³-hybridized carbons (Fsp3) is 0.893. The number of hydrogen-bond acceptors (Lipinski definition) is 15. The highest BCUT2D eigenvalue weighted by atomic mass is 16.8. The molecule has 0 aromatic rings. The van der Waals surface area contributed by atoms with Crippen LogP contribution in [-0.4, -0.2) is 159 Å². The highest BCUT2D eigenvalue weighted by Gasteiger charge is 2.54. The number of hydrogen-bond donors (Lipinski definition) is 9. The SMILES string of the molecule is C=CCCCCCCO[C@H]1O[C@H](CO)[C@H](O)[C@H](O[C@@H]2O[C@H](CO)[C@H](O)[C@H](O)[C@H]2O[C@@H]2O[C@@H](C)[C@@H](O)[C@@H](O)[C@@H]2O)[C@H]1NC(C)=O. The van der Waals surface area contributed by atoms with Gasteiger partial charge in [0.2, 0.25) is 5.91 Å². The van der Waals surface area contributed by atoms with Crippen LogP contribution in [0, 0.1) is 0 Å². The molecule has 0 radical (unpaired) electrons. The summed E-state index contributed by atoms with van der Waals surface area (Å²) in [5.74, 6) is -0.527. The monoisotopic (exact) mass is 639 g/mol. The van der Waals surface area contributed by atoms with Gasteiger partial charge in [0.15, 0.2) is 18.9 Å². The fourth-order valence-electron chi connectivity index (χ4n) is 5.45. The molecule has 256 valence electrons. The summed E-state index contributed by atoms with van der Waals surface area (Å²) in [5, 5.41) is 85.8. The van der Waals surface area contributed by atoms with Gasteiger partial charge in [0, 0.05) is 13.5 Å². The van der Waals surface area contributed by atoms with Crippen LogP contribution >= 0.6 is 0 Å². The number of ether oxygens (including phenoxy) is 6. The van der Waals surface area contributed by atoms with Crippen LogP contribution in [0.1, 0.15) is 46.0 Å². The van der Waals surface area contributed by atoms with Crippen LogP contribution < -0.4 is 5.32 Å². The van der Waals surface area contributed by atoms with Gasteiger partial charge in [-0.25, -0.2) is 0 Å². The first-order chi connectivity index (χ1) is 20.9. The predicted octanol–water partition coefficient (Wildman–Crippen LogP) is -3.24. The lowest BCUT2D eigenvalue weighted by molar-refractivity contribution is -0.381. The molecule has 0 saturated carbocycles. The molecule has 0 aromatic carbocycles. The van der Waals surface area contributed by atoms with E-state index in [0.29, 0.717) is 6.42 Å². The second-order valence-corrected chi connectivity index (χ2v) is 11.4. The minimum Gasteiger partial charge on any atom is -0.394 e. The van der Waals surface area contributed by atoms with Crippen molar-refractivity contribution in [3.8, 4) is 0 Å². The normalized spacial score (nSPS) is 43.0. The van der Waals surface area contributed by atoms with Crippen molar-refractivity contribution in [2.24, 2.45) is 0 Å². The van der Waals surface area contributed by atoms with Crippen molar-refractivity contribution < 1.29 is 74.1 Å². The van der Waals surface area contributed by atoms with E-state index in [-0.39, 0.29) is 6.61 Å². The Hall–Kier alpha value is -1.35. The summed E-state index contributed by atoms with van der Waals surface area (Å²) < 4.78 is 34.7. The van der Waals surface area contributed by atoms with E-state index >= 15 is 0 Å². The molecular formula is C28H49NO15. The minimum atomic E-state index is -1.81. The van der Waals surface area contributed by atoms with Gasteiger partial charge >= 0.3 is 0 Å². The molecule has 16 heteroatoms. The van der Waals surface area contributed by atoms with E-state index in [2.05, 4.69) is 11.9 Å². The molecule has 0 aromatic heterocycles. The number of carbonyl (C=O) groups is 1. The molecule has 9 N–H and O–H groups in total. The standard InChI is InChI=1S/C28H49NO15/c1-4-5-6-7-8-9-10-39-26-17(29-14(3)32)24(20(35)16(12-31)41-26)43-28-25(22(37)19(34)15(11-30)42-28)44-27-23(38)21(36)18(33)13(2)40-27/h4,13,15-28,30-31,33-38H,1,5-12H2,2-3H3,(H,29,32)/t13-,15+,16+,17+,18+,19-,20-,21+,22-,23-,24+,25+,26-,27-,28-/m0/s1. The molecule has 3 heterocycles. The second kappa shape index (κ2) is 17.5. The summed E-state index contributed by atoms with van der Waals surface area (Å²) in [6.45, 7) is 5.17. The summed E-state index contributed by atoms with van der Waals surface area (Å²) in [7, 11) is 0. The van der Waals surface area contributed by atoms with Gasteiger partial charge in [-0.1, -0.05) is 18.9 Å². The van der Waals surface area contributed by atoms with Crippen LogP contribution in [0.5, 0.6) is 0 Å². The summed E-state index contributed by atoms with van der Waals surface area (Å²) in [6.07, 6.45) is -15.0. The number of rotatable bonds is 15. The number of unbranched alkanes of at least 4 members (excludes halogenated alkanes) is 4. The van der Waals surface area contributed by atoms with Crippen molar-refractivity contribution in [1.29, 1.82) is 0 Å². The topological polar surface area (TPSA) is 246 Å². The van der Waals surface area contributed by atoms with Crippen LogP contribution in [0.2, 0.25) is 0 Å². The maximum atomic E-state index is 12.2. The van der Waals surface area contributed by atoms with Gasteiger partial charge < -0.3 is 74.6 Å². The fourth-order valence-corrected chi connectivity index (χ4v) is 5.45. The molecule has 16 nitrogen and oxygen atoms in total. The van der Waals surface area contributed by atoms with Gasteiger partial charge in [-0.3, -0.25) is 4.79 Å². The Morgan fingerprint density at radius 2 is 1.36 bits per heavy atom. The zero-order valence-electron chi connectivity index (χ0n) is 25.0. The molecule has 0 spiro atoms. The molecule has 3 saturated heterocycles. The van der Waals surface area contributed by atoms with Crippen LogP contribution in [-0.2, 0) is 33.2 Å².